The van der Waals surface area contributed by atoms with Crippen LogP contribution in [0.2, 0.25) is 0 Å². The SMILES string of the molecule is CCCn1nnnc1COC(=O)c1cc(C2CC2)nn1-c1ccccc1. The average Bonchev–Trinajstić information content (AvgIpc) is 3.26. The number of rotatable bonds is 7. The number of aromatic nitrogens is 6. The Labute approximate surface area is 150 Å². The smallest absolute Gasteiger partial charge is 0.357 e. The van der Waals surface area contributed by atoms with Gasteiger partial charge in [-0.3, -0.25) is 0 Å². The first-order valence-corrected chi connectivity index (χ1v) is 8.84. The van der Waals surface area contributed by atoms with Gasteiger partial charge in [0.25, 0.3) is 0 Å². The van der Waals surface area contributed by atoms with Crippen LogP contribution in [0.15, 0.2) is 36.4 Å². The zero-order chi connectivity index (χ0) is 17.9. The molecule has 26 heavy (non-hydrogen) atoms. The fourth-order valence-corrected chi connectivity index (χ4v) is 2.81. The molecular weight excluding hydrogens is 332 g/mol. The largest absolute Gasteiger partial charge is 0.453 e. The van der Waals surface area contributed by atoms with Gasteiger partial charge >= 0.3 is 5.97 Å². The summed E-state index contributed by atoms with van der Waals surface area (Å²) >= 11 is 0. The van der Waals surface area contributed by atoms with E-state index in [-0.39, 0.29) is 6.61 Å². The van der Waals surface area contributed by atoms with Gasteiger partial charge in [-0.1, -0.05) is 25.1 Å². The minimum absolute atomic E-state index is 0.0323. The Bertz CT molecular complexity index is 898. The van der Waals surface area contributed by atoms with Crippen molar-refractivity contribution in [2.75, 3.05) is 0 Å². The Morgan fingerprint density at radius 3 is 2.81 bits per heavy atom. The highest BCUT2D eigenvalue weighted by Crippen LogP contribution is 2.39. The lowest BCUT2D eigenvalue weighted by molar-refractivity contribution is 0.0445. The third kappa shape index (κ3) is 3.35. The Morgan fingerprint density at radius 2 is 2.08 bits per heavy atom. The zero-order valence-electron chi connectivity index (χ0n) is 14.6. The molecule has 8 heteroatoms. The lowest BCUT2D eigenvalue weighted by Gasteiger charge is -2.08. The lowest BCUT2D eigenvalue weighted by atomic mass is 10.2. The predicted molar refractivity (Wildman–Crippen MR) is 92.8 cm³/mol. The molecule has 0 aliphatic heterocycles. The standard InChI is InChI=1S/C18H20N6O2/c1-2-10-23-17(19-21-22-23)12-26-18(25)16-11-15(13-8-9-13)20-24(16)14-6-4-3-5-7-14/h3-7,11,13H,2,8-10,12H2,1H3. The molecule has 0 unspecified atom stereocenters. The van der Waals surface area contributed by atoms with Gasteiger partial charge in [-0.2, -0.15) is 5.10 Å². The van der Waals surface area contributed by atoms with E-state index in [0.717, 1.165) is 30.6 Å². The van der Waals surface area contributed by atoms with E-state index in [4.69, 9.17) is 4.74 Å². The van der Waals surface area contributed by atoms with E-state index in [1.165, 1.54) is 0 Å². The number of benzene rings is 1. The number of carbonyl (C=O) groups excluding carboxylic acids is 1. The van der Waals surface area contributed by atoms with Crippen LogP contribution in [0.1, 0.15) is 54.1 Å². The maximum atomic E-state index is 12.7. The highest BCUT2D eigenvalue weighted by molar-refractivity contribution is 5.88. The van der Waals surface area contributed by atoms with Crippen molar-refractivity contribution in [3.05, 3.63) is 53.6 Å². The van der Waals surface area contributed by atoms with Crippen LogP contribution < -0.4 is 0 Å². The van der Waals surface area contributed by atoms with Crippen LogP contribution in [0, 0.1) is 0 Å². The number of nitrogens with zero attached hydrogens (tertiary/aromatic N) is 6. The predicted octanol–water partition coefficient (Wildman–Crippen LogP) is 2.50. The molecule has 1 aromatic carbocycles. The Kier molecular flexibility index (Phi) is 4.47. The summed E-state index contributed by atoms with van der Waals surface area (Å²) in [6, 6.07) is 11.4. The molecule has 3 aromatic rings. The molecule has 1 aliphatic rings. The third-order valence-electron chi connectivity index (χ3n) is 4.31. The molecule has 0 atom stereocenters. The number of esters is 1. The molecule has 0 saturated heterocycles. The van der Waals surface area contributed by atoms with Crippen LogP contribution in [0.5, 0.6) is 0 Å². The van der Waals surface area contributed by atoms with Gasteiger partial charge in [0.1, 0.15) is 0 Å². The molecule has 1 saturated carbocycles. The van der Waals surface area contributed by atoms with Gasteiger partial charge in [-0.25, -0.2) is 14.2 Å². The van der Waals surface area contributed by atoms with Crippen molar-refractivity contribution in [2.45, 2.75) is 45.3 Å². The Morgan fingerprint density at radius 1 is 1.27 bits per heavy atom. The number of ether oxygens (including phenoxy) is 1. The normalized spacial score (nSPS) is 13.7. The molecule has 2 aromatic heterocycles. The van der Waals surface area contributed by atoms with Gasteiger partial charge < -0.3 is 4.74 Å². The molecule has 0 radical (unpaired) electrons. The van der Waals surface area contributed by atoms with Crippen LogP contribution >= 0.6 is 0 Å². The fourth-order valence-electron chi connectivity index (χ4n) is 2.81. The van der Waals surface area contributed by atoms with Gasteiger partial charge in [0.05, 0.1) is 11.4 Å². The van der Waals surface area contributed by atoms with Crippen molar-refractivity contribution in [2.24, 2.45) is 0 Å². The van der Waals surface area contributed by atoms with E-state index < -0.39 is 5.97 Å². The maximum absolute atomic E-state index is 12.7. The first-order chi connectivity index (χ1) is 12.8. The molecule has 4 rings (SSSR count). The summed E-state index contributed by atoms with van der Waals surface area (Å²) in [7, 11) is 0. The van der Waals surface area contributed by atoms with Crippen LogP contribution in [0.3, 0.4) is 0 Å². The third-order valence-corrected chi connectivity index (χ3v) is 4.31. The molecule has 8 nitrogen and oxygen atoms in total. The summed E-state index contributed by atoms with van der Waals surface area (Å²) in [5.74, 6) is 0.552. The number of aryl methyl sites for hydroxylation is 1. The quantitative estimate of drug-likeness (QED) is 0.607. The van der Waals surface area contributed by atoms with Gasteiger partial charge in [-0.05, 0) is 47.9 Å². The topological polar surface area (TPSA) is 87.7 Å². The van der Waals surface area contributed by atoms with Crippen molar-refractivity contribution in [3.8, 4) is 5.69 Å². The van der Waals surface area contributed by atoms with Crippen LogP contribution in [-0.2, 0) is 17.9 Å². The lowest BCUT2D eigenvalue weighted by Crippen LogP contribution is -2.14. The molecule has 1 fully saturated rings. The van der Waals surface area contributed by atoms with Gasteiger partial charge in [0.15, 0.2) is 18.1 Å². The minimum atomic E-state index is -0.431. The van der Waals surface area contributed by atoms with Crippen molar-refractivity contribution in [1.82, 2.24) is 30.0 Å². The molecule has 0 bridgehead atoms. The number of para-hydroxylation sites is 1. The number of tetrazole rings is 1. The van der Waals surface area contributed by atoms with Crippen molar-refractivity contribution in [1.29, 1.82) is 0 Å². The minimum Gasteiger partial charge on any atom is -0.453 e. The second-order valence-corrected chi connectivity index (χ2v) is 6.37. The first kappa shape index (κ1) is 16.4. The van der Waals surface area contributed by atoms with Crippen molar-refractivity contribution in [3.63, 3.8) is 0 Å². The van der Waals surface area contributed by atoms with Gasteiger partial charge in [-0.15, -0.1) is 5.10 Å². The zero-order valence-corrected chi connectivity index (χ0v) is 14.6. The van der Waals surface area contributed by atoms with E-state index >= 15 is 0 Å². The van der Waals surface area contributed by atoms with E-state index in [0.29, 0.717) is 24.0 Å². The van der Waals surface area contributed by atoms with Gasteiger partial charge in [0.2, 0.25) is 0 Å². The number of hydrogen-bond donors (Lipinski definition) is 0. The van der Waals surface area contributed by atoms with E-state index in [2.05, 4.69) is 20.6 Å². The monoisotopic (exact) mass is 352 g/mol. The van der Waals surface area contributed by atoms with Crippen molar-refractivity contribution < 1.29 is 9.53 Å². The fraction of sp³-hybridized carbons (Fsp3) is 0.389. The van der Waals surface area contributed by atoms with Crippen LogP contribution in [-0.4, -0.2) is 36.0 Å². The number of hydrogen-bond acceptors (Lipinski definition) is 6. The highest BCUT2D eigenvalue weighted by atomic mass is 16.5. The summed E-state index contributed by atoms with van der Waals surface area (Å²) in [5.41, 5.74) is 2.20. The Hall–Kier alpha value is -3.03. The van der Waals surface area contributed by atoms with Gasteiger partial charge in [0, 0.05) is 12.5 Å². The maximum Gasteiger partial charge on any atom is 0.357 e. The number of carbonyl (C=O) groups is 1. The summed E-state index contributed by atoms with van der Waals surface area (Å²) in [4.78, 5) is 12.7. The average molecular weight is 352 g/mol. The molecule has 134 valence electrons. The molecule has 0 N–H and O–H groups in total. The highest BCUT2D eigenvalue weighted by Gasteiger charge is 2.29. The van der Waals surface area contributed by atoms with Crippen LogP contribution in [0.25, 0.3) is 5.69 Å². The summed E-state index contributed by atoms with van der Waals surface area (Å²) in [5, 5.41) is 16.1. The summed E-state index contributed by atoms with van der Waals surface area (Å²) in [6.45, 7) is 2.76. The van der Waals surface area contributed by atoms with E-state index in [1.54, 1.807) is 9.36 Å². The summed E-state index contributed by atoms with van der Waals surface area (Å²) < 4.78 is 8.78. The van der Waals surface area contributed by atoms with E-state index in [9.17, 15) is 4.79 Å². The second kappa shape index (κ2) is 7.07. The molecule has 0 amide bonds. The summed E-state index contributed by atoms with van der Waals surface area (Å²) in [6.07, 6.45) is 3.13. The molecular formula is C18H20N6O2. The second-order valence-electron chi connectivity index (χ2n) is 6.37. The van der Waals surface area contributed by atoms with E-state index in [1.807, 2.05) is 43.3 Å². The molecule has 1 aliphatic carbocycles. The van der Waals surface area contributed by atoms with Crippen molar-refractivity contribution >= 4 is 5.97 Å². The van der Waals surface area contributed by atoms with Crippen LogP contribution in [0.4, 0.5) is 0 Å². The Balaban J connectivity index is 1.56. The first-order valence-electron chi connectivity index (χ1n) is 8.84. The molecule has 2 heterocycles. The molecule has 0 spiro atoms.